The molecule has 0 heterocycles. The highest BCUT2D eigenvalue weighted by Gasteiger charge is 2.19. The first-order valence-corrected chi connectivity index (χ1v) is 12.9. The molecule has 0 aromatic heterocycles. The average Bonchev–Trinajstić information content (AvgIpc) is 3.02. The highest BCUT2D eigenvalue weighted by atomic mass is 35.5. The van der Waals surface area contributed by atoms with Gasteiger partial charge in [-0.2, -0.15) is 0 Å². The van der Waals surface area contributed by atoms with E-state index >= 15 is 0 Å². The van der Waals surface area contributed by atoms with E-state index in [1.165, 1.54) is 6.07 Å². The van der Waals surface area contributed by atoms with E-state index in [-0.39, 0.29) is 21.7 Å². The zero-order valence-corrected chi connectivity index (χ0v) is 23.6. The standard InChI is InChI=1S/C33H16ClN3O5S/c1-2-3-4-5-6-7-8-9-10-11-12-13-17-23-30(38)35-36-33(40)27-24-28(34)31-26(32(27)39)21-18-22-29(31)37-41-42-43-25-19-15-14-16-20-25/h14-16,18-22,24,37,39H,1H3,(H,35,38)(H,36,40). The molecule has 3 aromatic carbocycles. The molecule has 0 radical (unpaired) electrons. The molecule has 3 rings (SSSR count). The van der Waals surface area contributed by atoms with Gasteiger partial charge in [0, 0.05) is 21.6 Å². The summed E-state index contributed by atoms with van der Waals surface area (Å²) in [4.78, 5) is 30.4. The Morgan fingerprint density at radius 1 is 0.814 bits per heavy atom. The Balaban J connectivity index is 1.56. The Labute approximate surface area is 257 Å². The van der Waals surface area contributed by atoms with Gasteiger partial charge in [-0.05, 0) is 102 Å². The molecule has 0 aliphatic carbocycles. The summed E-state index contributed by atoms with van der Waals surface area (Å²) in [5.41, 5.74) is 7.05. The van der Waals surface area contributed by atoms with Gasteiger partial charge < -0.3 is 5.11 Å². The van der Waals surface area contributed by atoms with Gasteiger partial charge in [0.25, 0.3) is 5.91 Å². The first-order valence-electron chi connectivity index (χ1n) is 11.8. The quantitative estimate of drug-likeness (QED) is 0.111. The van der Waals surface area contributed by atoms with Crippen molar-refractivity contribution in [2.45, 2.75) is 11.8 Å². The molecular weight excluding hydrogens is 586 g/mol. The van der Waals surface area contributed by atoms with E-state index in [0.717, 1.165) is 16.9 Å². The number of benzene rings is 3. The van der Waals surface area contributed by atoms with Crippen LogP contribution in [0.2, 0.25) is 5.02 Å². The summed E-state index contributed by atoms with van der Waals surface area (Å²) in [7, 11) is 0. The normalized spacial score (nSPS) is 8.42. The highest BCUT2D eigenvalue weighted by molar-refractivity contribution is 7.94. The first-order chi connectivity index (χ1) is 21.0. The van der Waals surface area contributed by atoms with Crippen molar-refractivity contribution in [1.82, 2.24) is 10.9 Å². The molecule has 8 nitrogen and oxygen atoms in total. The predicted molar refractivity (Wildman–Crippen MR) is 164 cm³/mol. The smallest absolute Gasteiger partial charge is 0.315 e. The third-order valence-electron chi connectivity index (χ3n) is 4.67. The van der Waals surface area contributed by atoms with Gasteiger partial charge in [0.05, 0.1) is 28.3 Å². The maximum atomic E-state index is 12.6. The second-order valence-corrected chi connectivity index (χ2v) is 8.60. The van der Waals surface area contributed by atoms with Crippen molar-refractivity contribution >= 4 is 51.9 Å². The van der Waals surface area contributed by atoms with E-state index < -0.39 is 11.8 Å². The minimum Gasteiger partial charge on any atom is -0.506 e. The molecule has 0 aliphatic rings. The lowest BCUT2D eigenvalue weighted by Crippen LogP contribution is -2.41. The summed E-state index contributed by atoms with van der Waals surface area (Å²) >= 11 is 7.42. The van der Waals surface area contributed by atoms with Crippen molar-refractivity contribution in [3.8, 4) is 88.6 Å². The molecule has 4 N–H and O–H groups in total. The molecule has 0 atom stereocenters. The van der Waals surface area contributed by atoms with Crippen LogP contribution in [0.5, 0.6) is 5.75 Å². The van der Waals surface area contributed by atoms with Crippen molar-refractivity contribution in [3.63, 3.8) is 0 Å². The van der Waals surface area contributed by atoms with Gasteiger partial charge in [0.15, 0.2) is 0 Å². The summed E-state index contributed by atoms with van der Waals surface area (Å²) in [6, 6.07) is 15.3. The van der Waals surface area contributed by atoms with Crippen molar-refractivity contribution in [2.75, 3.05) is 5.48 Å². The van der Waals surface area contributed by atoms with Crippen LogP contribution in [0.25, 0.3) is 10.8 Å². The molecule has 0 aliphatic heterocycles. The lowest BCUT2D eigenvalue weighted by Gasteiger charge is -2.13. The van der Waals surface area contributed by atoms with Gasteiger partial charge in [-0.3, -0.25) is 20.4 Å². The van der Waals surface area contributed by atoms with Crippen LogP contribution >= 0.6 is 23.6 Å². The van der Waals surface area contributed by atoms with E-state index in [1.54, 1.807) is 25.1 Å². The Morgan fingerprint density at radius 2 is 1.44 bits per heavy atom. The SMILES string of the molecule is CC#CC#CC#CC#CC#CC#CC#CC(=O)NNC(=O)c1cc(Cl)c2c(NOOSc3ccccc3)cccc2c1O. The van der Waals surface area contributed by atoms with Crippen LogP contribution in [-0.4, -0.2) is 16.9 Å². The first kappa shape index (κ1) is 31.5. The fourth-order valence-corrected chi connectivity index (χ4v) is 3.67. The topological polar surface area (TPSA) is 109 Å². The van der Waals surface area contributed by atoms with E-state index in [2.05, 4.69) is 99.2 Å². The van der Waals surface area contributed by atoms with Crippen molar-refractivity contribution < 1.29 is 24.0 Å². The Bertz CT molecular complexity index is 2000. The summed E-state index contributed by atoms with van der Waals surface area (Å²) in [5, 5.41) is 11.5. The third-order valence-corrected chi connectivity index (χ3v) is 5.57. The van der Waals surface area contributed by atoms with Gasteiger partial charge >= 0.3 is 5.91 Å². The third kappa shape index (κ3) is 10.5. The summed E-state index contributed by atoms with van der Waals surface area (Å²) in [6.45, 7) is 1.67. The van der Waals surface area contributed by atoms with E-state index in [9.17, 15) is 14.7 Å². The van der Waals surface area contributed by atoms with Gasteiger partial charge in [-0.25, -0.2) is 5.48 Å². The Kier molecular flexibility index (Phi) is 12.9. The fraction of sp³-hybridized carbons (Fsp3) is 0.0303. The molecule has 3 aromatic rings. The number of hydrogen-bond acceptors (Lipinski definition) is 7. The summed E-state index contributed by atoms with van der Waals surface area (Å²) < 4.78 is 5.09. The average molecular weight is 602 g/mol. The number of phenols is 1. The van der Waals surface area contributed by atoms with Crippen LogP contribution < -0.4 is 16.3 Å². The van der Waals surface area contributed by atoms with Crippen molar-refractivity contribution in [3.05, 3.63) is 65.2 Å². The molecule has 0 spiro atoms. The Morgan fingerprint density at radius 3 is 2.09 bits per heavy atom. The number of carbonyl (C=O) groups excluding carboxylic acids is 2. The van der Waals surface area contributed by atoms with Crippen molar-refractivity contribution in [2.24, 2.45) is 0 Å². The second kappa shape index (κ2) is 17.6. The molecule has 0 saturated heterocycles. The minimum absolute atomic E-state index is 0.120. The number of hydrazine groups is 1. The molecule has 0 fully saturated rings. The summed E-state index contributed by atoms with van der Waals surface area (Å²) in [6.07, 6.45) is 0. The van der Waals surface area contributed by atoms with E-state index in [1.807, 2.05) is 30.3 Å². The van der Waals surface area contributed by atoms with E-state index in [0.29, 0.717) is 11.1 Å². The molecule has 206 valence electrons. The van der Waals surface area contributed by atoms with Gasteiger partial charge in [0.1, 0.15) is 5.75 Å². The maximum absolute atomic E-state index is 12.6. The fourth-order valence-electron chi connectivity index (χ4n) is 2.95. The van der Waals surface area contributed by atoms with Crippen LogP contribution in [0, 0.1) is 82.9 Å². The predicted octanol–water partition coefficient (Wildman–Crippen LogP) is 3.99. The van der Waals surface area contributed by atoms with Gasteiger partial charge in [-0.1, -0.05) is 47.9 Å². The molecule has 43 heavy (non-hydrogen) atoms. The number of aromatic hydroxyl groups is 1. The number of phenolic OH excluding ortho intramolecular Hbond substituents is 1. The molecule has 0 unspecified atom stereocenters. The number of fused-ring (bicyclic) bond motifs is 1. The zero-order valence-electron chi connectivity index (χ0n) is 22.1. The van der Waals surface area contributed by atoms with E-state index in [4.69, 9.17) is 20.9 Å². The lowest BCUT2D eigenvalue weighted by molar-refractivity contribution is -0.160. The lowest BCUT2D eigenvalue weighted by atomic mass is 10.0. The maximum Gasteiger partial charge on any atom is 0.315 e. The summed E-state index contributed by atoms with van der Waals surface area (Å²) in [5.74, 6) is 32.0. The molecule has 10 heteroatoms. The van der Waals surface area contributed by atoms with Crippen LogP contribution in [0.1, 0.15) is 17.3 Å². The van der Waals surface area contributed by atoms with Gasteiger partial charge in [-0.15, -0.1) is 9.32 Å². The molecule has 2 amide bonds. The number of anilines is 1. The molecule has 0 bridgehead atoms. The van der Waals surface area contributed by atoms with Crippen LogP contribution in [-0.2, 0) is 14.1 Å². The molecular formula is C33H16ClN3O5S. The number of hydrogen-bond donors (Lipinski definition) is 4. The second-order valence-electron chi connectivity index (χ2n) is 7.42. The zero-order chi connectivity index (χ0) is 30.7. The number of carbonyl (C=O) groups is 2. The monoisotopic (exact) mass is 601 g/mol. The van der Waals surface area contributed by atoms with Crippen molar-refractivity contribution in [1.29, 1.82) is 0 Å². The minimum atomic E-state index is -0.858. The largest absolute Gasteiger partial charge is 0.506 e. The number of halogens is 1. The molecule has 0 saturated carbocycles. The Hall–Kier alpha value is -6.06. The van der Waals surface area contributed by atoms with Crippen LogP contribution in [0.15, 0.2) is 59.5 Å². The van der Waals surface area contributed by atoms with Gasteiger partial charge in [0.2, 0.25) is 0 Å². The highest BCUT2D eigenvalue weighted by Crippen LogP contribution is 2.38. The van der Waals surface area contributed by atoms with Crippen LogP contribution in [0.4, 0.5) is 5.69 Å². The number of amides is 2. The number of nitrogens with one attached hydrogen (secondary N) is 3. The number of rotatable bonds is 6. The van der Waals surface area contributed by atoms with Crippen LogP contribution in [0.3, 0.4) is 0 Å².